The van der Waals surface area contributed by atoms with Crippen LogP contribution in [0.2, 0.25) is 0 Å². The largest absolute Gasteiger partial charge is 0.481 e. The first-order valence-corrected chi connectivity index (χ1v) is 5.76. The first-order valence-electron chi connectivity index (χ1n) is 5.76. The molecule has 0 radical (unpaired) electrons. The highest BCUT2D eigenvalue weighted by Crippen LogP contribution is 2.20. The van der Waals surface area contributed by atoms with Crippen LogP contribution in [0.4, 0.5) is 4.39 Å². The topological polar surface area (TPSA) is 40.5 Å². The Labute approximate surface area is 99.9 Å². The summed E-state index contributed by atoms with van der Waals surface area (Å²) in [6.45, 7) is 3.66. The average Bonchev–Trinajstić information content (AvgIpc) is 2.72. The number of hydrogen-bond acceptors (Lipinski definition) is 2. The van der Waals surface area contributed by atoms with Crippen LogP contribution in [0.25, 0.3) is 0 Å². The second-order valence-corrected chi connectivity index (χ2v) is 4.65. The molecule has 0 aromatic heterocycles. The van der Waals surface area contributed by atoms with Crippen molar-refractivity contribution in [1.82, 2.24) is 4.90 Å². The van der Waals surface area contributed by atoms with E-state index >= 15 is 0 Å². The Balaban J connectivity index is 2.02. The fourth-order valence-corrected chi connectivity index (χ4v) is 2.24. The molecule has 1 fully saturated rings. The van der Waals surface area contributed by atoms with Gasteiger partial charge in [0, 0.05) is 18.7 Å². The van der Waals surface area contributed by atoms with E-state index in [1.165, 1.54) is 6.07 Å². The monoisotopic (exact) mass is 237 g/mol. The van der Waals surface area contributed by atoms with Crippen molar-refractivity contribution >= 4 is 5.97 Å². The van der Waals surface area contributed by atoms with E-state index in [9.17, 15) is 9.18 Å². The maximum atomic E-state index is 13.5. The number of carboxylic acid groups (broad SMARTS) is 1. The molecular weight excluding hydrogens is 221 g/mol. The smallest absolute Gasteiger partial charge is 0.307 e. The number of halogens is 1. The standard InChI is InChI=1S/C13H16FNO2/c1-9-2-3-12(14)11(6-9)8-15-5-4-10(7-15)13(16)17/h2-3,6,10H,4-5,7-8H2,1H3,(H,16,17). The van der Waals surface area contributed by atoms with Crippen molar-refractivity contribution < 1.29 is 14.3 Å². The Morgan fingerprint density at radius 2 is 2.35 bits per heavy atom. The Kier molecular flexibility index (Phi) is 3.43. The van der Waals surface area contributed by atoms with Crippen molar-refractivity contribution in [3.63, 3.8) is 0 Å². The summed E-state index contributed by atoms with van der Waals surface area (Å²) in [5.41, 5.74) is 1.67. The van der Waals surface area contributed by atoms with E-state index in [2.05, 4.69) is 0 Å². The van der Waals surface area contributed by atoms with Crippen LogP contribution in [-0.4, -0.2) is 29.1 Å². The normalized spacial score (nSPS) is 20.7. The van der Waals surface area contributed by atoms with Gasteiger partial charge in [-0.25, -0.2) is 4.39 Å². The van der Waals surface area contributed by atoms with Crippen molar-refractivity contribution in [1.29, 1.82) is 0 Å². The number of likely N-dealkylation sites (tertiary alicyclic amines) is 1. The quantitative estimate of drug-likeness (QED) is 0.874. The molecular formula is C13H16FNO2. The number of carboxylic acids is 1. The lowest BCUT2D eigenvalue weighted by Gasteiger charge is -2.16. The second kappa shape index (κ2) is 4.84. The Bertz CT molecular complexity index is 433. The Morgan fingerprint density at radius 1 is 1.59 bits per heavy atom. The molecule has 2 rings (SSSR count). The molecule has 0 aliphatic carbocycles. The van der Waals surface area contributed by atoms with E-state index in [0.29, 0.717) is 25.1 Å². The summed E-state index contributed by atoms with van der Waals surface area (Å²) in [6.07, 6.45) is 0.656. The van der Waals surface area contributed by atoms with Crippen molar-refractivity contribution in [3.05, 3.63) is 35.1 Å². The van der Waals surface area contributed by atoms with Crippen LogP contribution in [-0.2, 0) is 11.3 Å². The highest BCUT2D eigenvalue weighted by molar-refractivity contribution is 5.70. The van der Waals surface area contributed by atoms with Crippen molar-refractivity contribution in [2.45, 2.75) is 19.9 Å². The molecule has 0 bridgehead atoms. The highest BCUT2D eigenvalue weighted by Gasteiger charge is 2.28. The van der Waals surface area contributed by atoms with Crippen LogP contribution in [0.15, 0.2) is 18.2 Å². The number of hydrogen-bond donors (Lipinski definition) is 1. The number of aliphatic carboxylic acids is 1. The van der Waals surface area contributed by atoms with Gasteiger partial charge in [0.2, 0.25) is 0 Å². The Morgan fingerprint density at radius 3 is 3.00 bits per heavy atom. The molecule has 17 heavy (non-hydrogen) atoms. The molecule has 0 amide bonds. The zero-order chi connectivity index (χ0) is 12.4. The zero-order valence-electron chi connectivity index (χ0n) is 9.82. The first kappa shape index (κ1) is 12.0. The van der Waals surface area contributed by atoms with Gasteiger partial charge in [-0.05, 0) is 26.0 Å². The molecule has 0 spiro atoms. The van der Waals surface area contributed by atoms with Gasteiger partial charge in [0.25, 0.3) is 0 Å². The van der Waals surface area contributed by atoms with Gasteiger partial charge in [-0.1, -0.05) is 17.7 Å². The summed E-state index contributed by atoms with van der Waals surface area (Å²) < 4.78 is 13.5. The van der Waals surface area contributed by atoms with Gasteiger partial charge in [0.1, 0.15) is 5.82 Å². The summed E-state index contributed by atoms with van der Waals surface area (Å²) in [7, 11) is 0. The van der Waals surface area contributed by atoms with E-state index < -0.39 is 5.97 Å². The molecule has 1 N–H and O–H groups in total. The molecule has 92 valence electrons. The molecule has 1 aromatic rings. The lowest BCUT2D eigenvalue weighted by atomic mass is 10.1. The molecule has 1 unspecified atom stereocenters. The van der Waals surface area contributed by atoms with Crippen LogP contribution >= 0.6 is 0 Å². The van der Waals surface area contributed by atoms with Crippen LogP contribution < -0.4 is 0 Å². The number of nitrogens with zero attached hydrogens (tertiary/aromatic N) is 1. The zero-order valence-corrected chi connectivity index (χ0v) is 9.82. The van der Waals surface area contributed by atoms with Crippen LogP contribution in [0, 0.1) is 18.7 Å². The van der Waals surface area contributed by atoms with Crippen molar-refractivity contribution in [2.24, 2.45) is 5.92 Å². The summed E-state index contributed by atoms with van der Waals surface area (Å²) >= 11 is 0. The summed E-state index contributed by atoms with van der Waals surface area (Å²) in [6, 6.07) is 5.03. The van der Waals surface area contributed by atoms with Crippen molar-refractivity contribution in [3.8, 4) is 0 Å². The fourth-order valence-electron chi connectivity index (χ4n) is 2.24. The maximum Gasteiger partial charge on any atom is 0.307 e. The molecule has 1 atom stereocenters. The summed E-state index contributed by atoms with van der Waals surface area (Å²) in [5.74, 6) is -1.27. The summed E-state index contributed by atoms with van der Waals surface area (Å²) in [4.78, 5) is 12.8. The predicted octanol–water partition coefficient (Wildman–Crippen LogP) is 2.04. The van der Waals surface area contributed by atoms with E-state index in [-0.39, 0.29) is 11.7 Å². The molecule has 1 saturated heterocycles. The van der Waals surface area contributed by atoms with Gasteiger partial charge in [0.05, 0.1) is 5.92 Å². The van der Waals surface area contributed by atoms with E-state index in [1.54, 1.807) is 6.07 Å². The summed E-state index contributed by atoms with van der Waals surface area (Å²) in [5, 5.41) is 8.90. The molecule has 1 aliphatic heterocycles. The van der Waals surface area contributed by atoms with Crippen LogP contribution in [0.5, 0.6) is 0 Å². The number of carbonyl (C=O) groups is 1. The van der Waals surface area contributed by atoms with E-state index in [4.69, 9.17) is 5.11 Å². The van der Waals surface area contributed by atoms with Gasteiger partial charge in [0.15, 0.2) is 0 Å². The second-order valence-electron chi connectivity index (χ2n) is 4.65. The highest BCUT2D eigenvalue weighted by atomic mass is 19.1. The average molecular weight is 237 g/mol. The molecule has 1 aliphatic rings. The van der Waals surface area contributed by atoms with Gasteiger partial charge in [-0.15, -0.1) is 0 Å². The SMILES string of the molecule is Cc1ccc(F)c(CN2CCC(C(=O)O)C2)c1. The van der Waals surface area contributed by atoms with Gasteiger partial charge in [-0.2, -0.15) is 0 Å². The van der Waals surface area contributed by atoms with Crippen LogP contribution in [0.1, 0.15) is 17.5 Å². The Hall–Kier alpha value is -1.42. The third-order valence-electron chi connectivity index (χ3n) is 3.22. The molecule has 0 saturated carbocycles. The number of aryl methyl sites for hydroxylation is 1. The van der Waals surface area contributed by atoms with Gasteiger partial charge >= 0.3 is 5.97 Å². The van der Waals surface area contributed by atoms with Crippen LogP contribution in [0.3, 0.4) is 0 Å². The van der Waals surface area contributed by atoms with Gasteiger partial charge < -0.3 is 5.11 Å². The lowest BCUT2D eigenvalue weighted by molar-refractivity contribution is -0.141. The lowest BCUT2D eigenvalue weighted by Crippen LogP contribution is -2.23. The molecule has 1 heterocycles. The first-order chi connectivity index (χ1) is 8.06. The predicted molar refractivity (Wildman–Crippen MR) is 62.2 cm³/mol. The minimum Gasteiger partial charge on any atom is -0.481 e. The third kappa shape index (κ3) is 2.82. The molecule has 1 aromatic carbocycles. The van der Waals surface area contributed by atoms with E-state index in [0.717, 1.165) is 12.1 Å². The minimum atomic E-state index is -0.753. The van der Waals surface area contributed by atoms with E-state index in [1.807, 2.05) is 17.9 Å². The molecule has 4 heteroatoms. The van der Waals surface area contributed by atoms with Crippen molar-refractivity contribution in [2.75, 3.05) is 13.1 Å². The minimum absolute atomic E-state index is 0.214. The third-order valence-corrected chi connectivity index (χ3v) is 3.22. The van der Waals surface area contributed by atoms with Gasteiger partial charge in [-0.3, -0.25) is 9.69 Å². The molecule has 3 nitrogen and oxygen atoms in total. The number of benzene rings is 1. The number of rotatable bonds is 3. The fraction of sp³-hybridized carbons (Fsp3) is 0.462. The maximum absolute atomic E-state index is 13.5.